The molecule has 0 saturated heterocycles. The minimum atomic E-state index is -0.00528. The van der Waals surface area contributed by atoms with Crippen molar-refractivity contribution in [3.8, 4) is 0 Å². The fourth-order valence-electron chi connectivity index (χ4n) is 1.78. The molecule has 0 radical (unpaired) electrons. The van der Waals surface area contributed by atoms with Crippen molar-refractivity contribution in [2.45, 2.75) is 6.92 Å². The van der Waals surface area contributed by atoms with E-state index in [0.717, 1.165) is 16.5 Å². The van der Waals surface area contributed by atoms with Gasteiger partial charge in [-0.1, -0.05) is 18.2 Å². The predicted molar refractivity (Wildman–Crippen MR) is 60.9 cm³/mol. The molecule has 0 unspecified atom stereocenters. The smallest absolute Gasteiger partial charge is 0.253 e. The minimum Gasteiger partial charge on any atom is -0.352 e. The highest BCUT2D eigenvalue weighted by Gasteiger charge is 2.11. The SMILES string of the molecule is CCNC(=O)c1cn(C)c2ccccc12. The maximum Gasteiger partial charge on any atom is 0.253 e. The Labute approximate surface area is 88.7 Å². The number of nitrogens with one attached hydrogen (secondary N) is 1. The number of carbonyl (C=O) groups is 1. The van der Waals surface area contributed by atoms with Crippen LogP contribution in [0.4, 0.5) is 0 Å². The van der Waals surface area contributed by atoms with E-state index >= 15 is 0 Å². The first kappa shape index (κ1) is 9.77. The number of para-hydroxylation sites is 1. The van der Waals surface area contributed by atoms with Crippen LogP contribution in [0.3, 0.4) is 0 Å². The van der Waals surface area contributed by atoms with Crippen LogP contribution in [-0.2, 0) is 7.05 Å². The molecule has 3 heteroatoms. The third-order valence-electron chi connectivity index (χ3n) is 2.48. The number of carbonyl (C=O) groups excluding carboxylic acids is 1. The summed E-state index contributed by atoms with van der Waals surface area (Å²) in [6, 6.07) is 7.91. The summed E-state index contributed by atoms with van der Waals surface area (Å²) in [5.74, 6) is -0.00528. The summed E-state index contributed by atoms with van der Waals surface area (Å²) in [4.78, 5) is 11.7. The largest absolute Gasteiger partial charge is 0.352 e. The highest BCUT2D eigenvalue weighted by Crippen LogP contribution is 2.19. The van der Waals surface area contributed by atoms with Crippen molar-refractivity contribution in [1.82, 2.24) is 9.88 Å². The molecule has 0 fully saturated rings. The van der Waals surface area contributed by atoms with Crippen molar-refractivity contribution >= 4 is 16.8 Å². The standard InChI is InChI=1S/C12H14N2O/c1-3-13-12(15)10-8-14(2)11-7-5-4-6-9(10)11/h4-8H,3H2,1-2H3,(H,13,15). The Kier molecular flexibility index (Phi) is 2.46. The Morgan fingerprint density at radius 3 is 2.87 bits per heavy atom. The number of hydrogen-bond acceptors (Lipinski definition) is 1. The number of hydrogen-bond donors (Lipinski definition) is 1. The monoisotopic (exact) mass is 202 g/mol. The molecule has 0 aliphatic rings. The average Bonchev–Trinajstić information content (AvgIpc) is 2.58. The maximum atomic E-state index is 11.7. The van der Waals surface area contributed by atoms with Crippen molar-refractivity contribution < 1.29 is 4.79 Å². The maximum absolute atomic E-state index is 11.7. The molecule has 0 aliphatic heterocycles. The quantitative estimate of drug-likeness (QED) is 0.793. The first-order valence-electron chi connectivity index (χ1n) is 5.06. The summed E-state index contributed by atoms with van der Waals surface area (Å²) < 4.78 is 1.97. The van der Waals surface area contributed by atoms with E-state index in [1.54, 1.807) is 0 Å². The number of aryl methyl sites for hydroxylation is 1. The van der Waals surface area contributed by atoms with Crippen LogP contribution in [-0.4, -0.2) is 17.0 Å². The Morgan fingerprint density at radius 2 is 2.13 bits per heavy atom. The van der Waals surface area contributed by atoms with Gasteiger partial charge in [0.05, 0.1) is 5.56 Å². The molecule has 0 saturated carbocycles. The van der Waals surface area contributed by atoms with Gasteiger partial charge in [0.1, 0.15) is 0 Å². The molecular weight excluding hydrogens is 188 g/mol. The molecule has 0 spiro atoms. The van der Waals surface area contributed by atoms with E-state index in [9.17, 15) is 4.79 Å². The van der Waals surface area contributed by atoms with Gasteiger partial charge in [-0.3, -0.25) is 4.79 Å². The lowest BCUT2D eigenvalue weighted by atomic mass is 10.1. The van der Waals surface area contributed by atoms with Crippen LogP contribution in [0.5, 0.6) is 0 Å². The molecule has 1 aromatic heterocycles. The minimum absolute atomic E-state index is 0.00528. The number of nitrogens with zero attached hydrogens (tertiary/aromatic N) is 1. The van der Waals surface area contributed by atoms with Gasteiger partial charge < -0.3 is 9.88 Å². The molecule has 0 bridgehead atoms. The number of fused-ring (bicyclic) bond motifs is 1. The lowest BCUT2D eigenvalue weighted by molar-refractivity contribution is 0.0957. The fraction of sp³-hybridized carbons (Fsp3) is 0.250. The van der Waals surface area contributed by atoms with E-state index in [1.165, 1.54) is 0 Å². The third-order valence-corrected chi connectivity index (χ3v) is 2.48. The number of rotatable bonds is 2. The molecule has 0 atom stereocenters. The zero-order valence-corrected chi connectivity index (χ0v) is 8.95. The molecular formula is C12H14N2O. The van der Waals surface area contributed by atoms with Gasteiger partial charge in [-0.15, -0.1) is 0 Å². The predicted octanol–water partition coefficient (Wildman–Crippen LogP) is 1.93. The van der Waals surface area contributed by atoms with Crippen LogP contribution in [0.2, 0.25) is 0 Å². The highest BCUT2D eigenvalue weighted by molar-refractivity contribution is 6.06. The second kappa shape index (κ2) is 3.77. The van der Waals surface area contributed by atoms with Crippen LogP contribution < -0.4 is 5.32 Å². The van der Waals surface area contributed by atoms with E-state index < -0.39 is 0 Å². The topological polar surface area (TPSA) is 34.0 Å². The van der Waals surface area contributed by atoms with Gasteiger partial charge in [0.15, 0.2) is 0 Å². The first-order valence-corrected chi connectivity index (χ1v) is 5.06. The van der Waals surface area contributed by atoms with E-state index in [0.29, 0.717) is 6.54 Å². The number of amides is 1. The Morgan fingerprint density at radius 1 is 1.40 bits per heavy atom. The van der Waals surface area contributed by atoms with Crippen molar-refractivity contribution in [3.05, 3.63) is 36.0 Å². The van der Waals surface area contributed by atoms with Crippen molar-refractivity contribution in [2.75, 3.05) is 6.54 Å². The zero-order chi connectivity index (χ0) is 10.8. The van der Waals surface area contributed by atoms with Crippen molar-refractivity contribution in [2.24, 2.45) is 7.05 Å². The summed E-state index contributed by atoms with van der Waals surface area (Å²) >= 11 is 0. The molecule has 1 N–H and O–H groups in total. The van der Waals surface area contributed by atoms with E-state index in [-0.39, 0.29) is 5.91 Å². The van der Waals surface area contributed by atoms with Crippen LogP contribution in [0.1, 0.15) is 17.3 Å². The Hall–Kier alpha value is -1.77. The molecule has 15 heavy (non-hydrogen) atoms. The van der Waals surface area contributed by atoms with Crippen LogP contribution in [0, 0.1) is 0 Å². The average molecular weight is 202 g/mol. The first-order chi connectivity index (χ1) is 7.24. The molecule has 0 aliphatic carbocycles. The fourth-order valence-corrected chi connectivity index (χ4v) is 1.78. The van der Waals surface area contributed by atoms with Gasteiger partial charge in [-0.05, 0) is 13.0 Å². The van der Waals surface area contributed by atoms with E-state index in [4.69, 9.17) is 0 Å². The molecule has 2 rings (SSSR count). The molecule has 2 aromatic rings. The van der Waals surface area contributed by atoms with Gasteiger partial charge >= 0.3 is 0 Å². The van der Waals surface area contributed by atoms with Gasteiger partial charge in [-0.25, -0.2) is 0 Å². The van der Waals surface area contributed by atoms with Crippen molar-refractivity contribution in [3.63, 3.8) is 0 Å². The Balaban J connectivity index is 2.57. The second-order valence-electron chi connectivity index (χ2n) is 3.53. The van der Waals surface area contributed by atoms with Crippen LogP contribution >= 0.6 is 0 Å². The van der Waals surface area contributed by atoms with E-state index in [1.807, 2.05) is 49.0 Å². The lowest BCUT2D eigenvalue weighted by Gasteiger charge is -1.99. The summed E-state index contributed by atoms with van der Waals surface area (Å²) in [6.45, 7) is 2.57. The summed E-state index contributed by atoms with van der Waals surface area (Å²) in [6.07, 6.45) is 1.87. The summed E-state index contributed by atoms with van der Waals surface area (Å²) in [5, 5.41) is 3.82. The molecule has 1 heterocycles. The summed E-state index contributed by atoms with van der Waals surface area (Å²) in [7, 11) is 1.95. The molecule has 1 aromatic carbocycles. The van der Waals surface area contributed by atoms with Gasteiger partial charge in [0.25, 0.3) is 5.91 Å². The van der Waals surface area contributed by atoms with Crippen LogP contribution in [0.15, 0.2) is 30.5 Å². The number of aromatic nitrogens is 1. The highest BCUT2D eigenvalue weighted by atomic mass is 16.1. The van der Waals surface area contributed by atoms with Gasteiger partial charge in [-0.2, -0.15) is 0 Å². The normalized spacial score (nSPS) is 10.5. The van der Waals surface area contributed by atoms with Crippen LogP contribution in [0.25, 0.3) is 10.9 Å². The molecule has 78 valence electrons. The third kappa shape index (κ3) is 1.61. The van der Waals surface area contributed by atoms with E-state index in [2.05, 4.69) is 5.32 Å². The zero-order valence-electron chi connectivity index (χ0n) is 8.95. The lowest BCUT2D eigenvalue weighted by Crippen LogP contribution is -2.22. The molecule has 3 nitrogen and oxygen atoms in total. The second-order valence-corrected chi connectivity index (χ2v) is 3.53. The Bertz CT molecular complexity index is 499. The summed E-state index contributed by atoms with van der Waals surface area (Å²) in [5.41, 5.74) is 1.83. The molecule has 1 amide bonds. The van der Waals surface area contributed by atoms with Gasteiger partial charge in [0, 0.05) is 30.7 Å². The van der Waals surface area contributed by atoms with Crippen molar-refractivity contribution in [1.29, 1.82) is 0 Å². The van der Waals surface area contributed by atoms with Gasteiger partial charge in [0.2, 0.25) is 0 Å². The number of benzene rings is 1.